The largest absolute Gasteiger partial charge is 0.349 e. The Kier molecular flexibility index (Phi) is 4.74. The summed E-state index contributed by atoms with van der Waals surface area (Å²) < 4.78 is 0. The van der Waals surface area contributed by atoms with Crippen LogP contribution in [0.4, 0.5) is 0 Å². The lowest BCUT2D eigenvalue weighted by Crippen LogP contribution is -2.34. The van der Waals surface area contributed by atoms with Crippen LogP contribution in [0.15, 0.2) is 29.0 Å². The lowest BCUT2D eigenvalue weighted by Gasteiger charge is -2.23. The fourth-order valence-corrected chi connectivity index (χ4v) is 3.66. The number of thiophene rings is 2. The summed E-state index contributed by atoms with van der Waals surface area (Å²) in [6.45, 7) is 2.60. The molecule has 1 atom stereocenters. The minimum absolute atomic E-state index is 0.0240. The van der Waals surface area contributed by atoms with Crippen molar-refractivity contribution in [2.75, 3.05) is 20.6 Å². The summed E-state index contributed by atoms with van der Waals surface area (Å²) in [6.07, 6.45) is 0. The van der Waals surface area contributed by atoms with E-state index < -0.39 is 0 Å². The van der Waals surface area contributed by atoms with Crippen molar-refractivity contribution in [3.8, 4) is 0 Å². The van der Waals surface area contributed by atoms with Gasteiger partial charge in [0.05, 0.1) is 10.9 Å². The van der Waals surface area contributed by atoms with E-state index in [2.05, 4.69) is 21.7 Å². The van der Waals surface area contributed by atoms with E-state index in [0.717, 1.165) is 10.4 Å². The van der Waals surface area contributed by atoms with Crippen LogP contribution in [-0.4, -0.2) is 31.4 Å². The Balaban J connectivity index is 2.00. The lowest BCUT2D eigenvalue weighted by atomic mass is 10.2. The van der Waals surface area contributed by atoms with E-state index >= 15 is 0 Å². The molecule has 0 aliphatic heterocycles. The van der Waals surface area contributed by atoms with Crippen molar-refractivity contribution in [3.63, 3.8) is 0 Å². The van der Waals surface area contributed by atoms with Crippen LogP contribution in [0.5, 0.6) is 0 Å². The van der Waals surface area contributed by atoms with Crippen LogP contribution < -0.4 is 5.32 Å². The lowest BCUT2D eigenvalue weighted by molar-refractivity contribution is 0.0946. The van der Waals surface area contributed by atoms with Crippen molar-refractivity contribution in [3.05, 3.63) is 44.3 Å². The number of nitrogens with zero attached hydrogens (tertiary/aromatic N) is 1. The van der Waals surface area contributed by atoms with Crippen molar-refractivity contribution >= 4 is 28.6 Å². The molecule has 1 N–H and O–H groups in total. The Morgan fingerprint density at radius 2 is 2.11 bits per heavy atom. The molecule has 0 fully saturated rings. The molecule has 102 valence electrons. The highest BCUT2D eigenvalue weighted by molar-refractivity contribution is 7.12. The molecule has 5 heteroatoms. The highest BCUT2D eigenvalue weighted by Crippen LogP contribution is 2.23. The number of amides is 1. The van der Waals surface area contributed by atoms with Gasteiger partial charge in [0.1, 0.15) is 0 Å². The molecule has 1 amide bonds. The zero-order chi connectivity index (χ0) is 13.8. The predicted molar refractivity (Wildman–Crippen MR) is 82.1 cm³/mol. The van der Waals surface area contributed by atoms with Crippen molar-refractivity contribution in [1.82, 2.24) is 10.2 Å². The number of likely N-dealkylation sites (N-methyl/N-ethyl adjacent to an activating group) is 1. The second kappa shape index (κ2) is 6.32. The SMILES string of the molecule is Cc1ccsc1C(=O)NCC(c1cccs1)N(C)C. The summed E-state index contributed by atoms with van der Waals surface area (Å²) in [7, 11) is 4.07. The molecular formula is C14H18N2OS2. The Morgan fingerprint density at radius 3 is 2.63 bits per heavy atom. The monoisotopic (exact) mass is 294 g/mol. The van der Waals surface area contributed by atoms with Crippen LogP contribution in [-0.2, 0) is 0 Å². The Bertz CT molecular complexity index is 531. The number of hydrogen-bond acceptors (Lipinski definition) is 4. The topological polar surface area (TPSA) is 32.3 Å². The van der Waals surface area contributed by atoms with E-state index in [1.165, 1.54) is 16.2 Å². The Hall–Kier alpha value is -1.17. The zero-order valence-electron chi connectivity index (χ0n) is 11.3. The zero-order valence-corrected chi connectivity index (χ0v) is 13.0. The van der Waals surface area contributed by atoms with Crippen molar-refractivity contribution in [1.29, 1.82) is 0 Å². The van der Waals surface area contributed by atoms with E-state index in [4.69, 9.17) is 0 Å². The summed E-state index contributed by atoms with van der Waals surface area (Å²) >= 11 is 3.21. The van der Waals surface area contributed by atoms with Crippen LogP contribution in [0.2, 0.25) is 0 Å². The molecule has 0 saturated heterocycles. The third kappa shape index (κ3) is 3.43. The van der Waals surface area contributed by atoms with Gasteiger partial charge in [-0.2, -0.15) is 0 Å². The molecule has 0 saturated carbocycles. The summed E-state index contributed by atoms with van der Waals surface area (Å²) in [5.41, 5.74) is 1.04. The molecule has 2 rings (SSSR count). The number of rotatable bonds is 5. The molecule has 0 aliphatic rings. The number of nitrogens with one attached hydrogen (secondary N) is 1. The maximum atomic E-state index is 12.1. The highest BCUT2D eigenvalue weighted by atomic mass is 32.1. The van der Waals surface area contributed by atoms with E-state index in [0.29, 0.717) is 6.54 Å². The van der Waals surface area contributed by atoms with Gasteiger partial charge in [-0.05, 0) is 49.5 Å². The first kappa shape index (κ1) is 14.2. The molecule has 0 bridgehead atoms. The molecule has 0 aliphatic carbocycles. The van der Waals surface area contributed by atoms with E-state index in [9.17, 15) is 4.79 Å². The number of hydrogen-bond donors (Lipinski definition) is 1. The highest BCUT2D eigenvalue weighted by Gasteiger charge is 2.17. The maximum Gasteiger partial charge on any atom is 0.261 e. The molecule has 3 nitrogen and oxygen atoms in total. The number of aryl methyl sites for hydroxylation is 1. The van der Waals surface area contributed by atoms with Gasteiger partial charge in [0.25, 0.3) is 5.91 Å². The average molecular weight is 294 g/mol. The number of carbonyl (C=O) groups is 1. The first-order valence-corrected chi connectivity index (χ1v) is 7.87. The van der Waals surface area contributed by atoms with Crippen LogP contribution in [0.25, 0.3) is 0 Å². The van der Waals surface area contributed by atoms with Crippen molar-refractivity contribution in [2.45, 2.75) is 13.0 Å². The molecule has 1 unspecified atom stereocenters. The first-order valence-electron chi connectivity index (χ1n) is 6.11. The van der Waals surface area contributed by atoms with Gasteiger partial charge in [0.2, 0.25) is 0 Å². The van der Waals surface area contributed by atoms with Crippen LogP contribution >= 0.6 is 22.7 Å². The predicted octanol–water partition coefficient (Wildman–Crippen LogP) is 3.15. The van der Waals surface area contributed by atoms with Gasteiger partial charge in [-0.15, -0.1) is 22.7 Å². The van der Waals surface area contributed by atoms with Gasteiger partial charge >= 0.3 is 0 Å². The molecule has 2 aromatic rings. The smallest absolute Gasteiger partial charge is 0.261 e. The third-order valence-corrected chi connectivity index (χ3v) is 5.01. The summed E-state index contributed by atoms with van der Waals surface area (Å²) in [6, 6.07) is 6.35. The minimum Gasteiger partial charge on any atom is -0.349 e. The van der Waals surface area contributed by atoms with Gasteiger partial charge in [-0.1, -0.05) is 6.07 Å². The molecular weight excluding hydrogens is 276 g/mol. The number of carbonyl (C=O) groups excluding carboxylic acids is 1. The molecule has 2 aromatic heterocycles. The third-order valence-electron chi connectivity index (χ3n) is 3.02. The molecule has 0 aromatic carbocycles. The molecule has 0 radical (unpaired) electrons. The van der Waals surface area contributed by atoms with Gasteiger partial charge in [0.15, 0.2) is 0 Å². The van der Waals surface area contributed by atoms with Gasteiger partial charge in [-0.25, -0.2) is 0 Å². The summed E-state index contributed by atoms with van der Waals surface area (Å²) in [5.74, 6) is 0.0240. The van der Waals surface area contributed by atoms with Crippen molar-refractivity contribution < 1.29 is 4.79 Å². The fourth-order valence-electron chi connectivity index (χ4n) is 1.89. The molecule has 19 heavy (non-hydrogen) atoms. The van der Waals surface area contributed by atoms with Crippen LogP contribution in [0, 0.1) is 6.92 Å². The Labute approximate surface area is 121 Å². The van der Waals surface area contributed by atoms with Gasteiger partial charge in [0, 0.05) is 11.4 Å². The van der Waals surface area contributed by atoms with E-state index in [-0.39, 0.29) is 11.9 Å². The van der Waals surface area contributed by atoms with Gasteiger partial charge in [-0.3, -0.25) is 4.79 Å². The molecule has 2 heterocycles. The molecule has 0 spiro atoms. The van der Waals surface area contributed by atoms with E-state index in [1.54, 1.807) is 11.3 Å². The standard InChI is InChI=1S/C14H18N2OS2/c1-10-6-8-19-13(10)14(17)15-9-11(16(2)3)12-5-4-7-18-12/h4-8,11H,9H2,1-3H3,(H,15,17). The van der Waals surface area contributed by atoms with Gasteiger partial charge < -0.3 is 10.2 Å². The van der Waals surface area contributed by atoms with Crippen molar-refractivity contribution in [2.24, 2.45) is 0 Å². The fraction of sp³-hybridized carbons (Fsp3) is 0.357. The van der Waals surface area contributed by atoms with E-state index in [1.807, 2.05) is 38.5 Å². The quantitative estimate of drug-likeness (QED) is 0.919. The normalized spacial score (nSPS) is 12.6. The minimum atomic E-state index is 0.0240. The second-order valence-electron chi connectivity index (χ2n) is 4.64. The summed E-state index contributed by atoms with van der Waals surface area (Å²) in [5, 5.41) is 7.05. The second-order valence-corrected chi connectivity index (χ2v) is 6.53. The van der Waals surface area contributed by atoms with Crippen LogP contribution in [0.3, 0.4) is 0 Å². The first-order chi connectivity index (χ1) is 9.09. The van der Waals surface area contributed by atoms with Crippen LogP contribution in [0.1, 0.15) is 26.2 Å². The summed E-state index contributed by atoms with van der Waals surface area (Å²) in [4.78, 5) is 16.3. The maximum absolute atomic E-state index is 12.1. The average Bonchev–Trinajstić information content (AvgIpc) is 3.00. The Morgan fingerprint density at radius 1 is 1.32 bits per heavy atom.